The molecule has 2 rings (SSSR count). The van der Waals surface area contributed by atoms with Gasteiger partial charge in [0.05, 0.1) is 17.1 Å². The topological polar surface area (TPSA) is 46.6 Å². The molecule has 1 unspecified atom stereocenters. The predicted molar refractivity (Wildman–Crippen MR) is 69.4 cm³/mol. The maximum absolute atomic E-state index is 12.9. The van der Waals surface area contributed by atoms with Crippen molar-refractivity contribution in [2.24, 2.45) is 0 Å². The third kappa shape index (κ3) is 2.53. The minimum atomic E-state index is -3.94. The number of nitrogens with zero attached hydrogens (tertiary/aromatic N) is 1. The highest BCUT2D eigenvalue weighted by Gasteiger charge is 2.34. The molecule has 1 fully saturated rings. The van der Waals surface area contributed by atoms with Crippen LogP contribution in [0.15, 0.2) is 53.8 Å². The van der Waals surface area contributed by atoms with Crippen molar-refractivity contribution in [1.82, 2.24) is 4.31 Å². The predicted octanol–water partition coefficient (Wildman–Crippen LogP) is 2.21. The van der Waals surface area contributed by atoms with Crippen LogP contribution in [-0.2, 0) is 14.8 Å². The molecule has 7 heteroatoms. The Balaban J connectivity index is 2.39. The van der Waals surface area contributed by atoms with E-state index in [0.29, 0.717) is 0 Å². The average molecular weight is 301 g/mol. The van der Waals surface area contributed by atoms with E-state index in [9.17, 15) is 17.2 Å². The summed E-state index contributed by atoms with van der Waals surface area (Å²) in [5, 5.41) is 0. The van der Waals surface area contributed by atoms with Crippen LogP contribution in [0, 0.1) is 5.82 Å². The maximum Gasteiger partial charge on any atom is 0.264 e. The quantitative estimate of drug-likeness (QED) is 0.860. The molecule has 1 aromatic carbocycles. The molecule has 0 amide bonds. The van der Waals surface area contributed by atoms with Crippen LogP contribution < -0.4 is 0 Å². The van der Waals surface area contributed by atoms with Gasteiger partial charge in [-0.15, -0.1) is 0 Å². The normalized spacial score (nSPS) is 19.9. The summed E-state index contributed by atoms with van der Waals surface area (Å²) in [6, 6.07) is 4.36. The number of hydrogen-bond donors (Lipinski definition) is 0. The molecule has 4 nitrogen and oxygen atoms in total. The second kappa shape index (κ2) is 5.24. The zero-order chi connectivity index (χ0) is 14.9. The smallest absolute Gasteiger partial charge is 0.264 e. The van der Waals surface area contributed by atoms with E-state index < -0.39 is 28.6 Å². The van der Waals surface area contributed by atoms with Crippen molar-refractivity contribution in [3.63, 3.8) is 0 Å². The third-order valence-corrected chi connectivity index (χ3v) is 4.69. The van der Waals surface area contributed by atoms with Crippen molar-refractivity contribution in [1.29, 1.82) is 0 Å². The first-order valence-electron chi connectivity index (χ1n) is 5.75. The summed E-state index contributed by atoms with van der Waals surface area (Å²) in [4.78, 5) is -0.104. The summed E-state index contributed by atoms with van der Waals surface area (Å²) < 4.78 is 56.5. The molecule has 108 valence electrons. The standard InChI is InChI=1S/C13H13F2NO3S/c1-9-10(2)19-12(7-14)8-16(9)20(17,18)13-5-3-11(15)4-6-13/h3-6,12H,1-2,7-8H2. The first-order chi connectivity index (χ1) is 9.36. The number of ether oxygens (including phenoxy) is 1. The summed E-state index contributed by atoms with van der Waals surface area (Å²) in [5.74, 6) is -0.541. The lowest BCUT2D eigenvalue weighted by atomic mass is 10.3. The van der Waals surface area contributed by atoms with Crippen LogP contribution in [0.1, 0.15) is 0 Å². The van der Waals surface area contributed by atoms with Crippen molar-refractivity contribution >= 4 is 10.0 Å². The fourth-order valence-electron chi connectivity index (χ4n) is 1.80. The van der Waals surface area contributed by atoms with E-state index >= 15 is 0 Å². The second-order valence-electron chi connectivity index (χ2n) is 4.25. The summed E-state index contributed by atoms with van der Waals surface area (Å²) >= 11 is 0. The van der Waals surface area contributed by atoms with Gasteiger partial charge in [-0.3, -0.25) is 4.31 Å². The Morgan fingerprint density at radius 1 is 1.30 bits per heavy atom. The van der Waals surface area contributed by atoms with Crippen LogP contribution in [0.2, 0.25) is 0 Å². The lowest BCUT2D eigenvalue weighted by Gasteiger charge is -2.35. The molecule has 1 atom stereocenters. The van der Waals surface area contributed by atoms with Gasteiger partial charge in [0, 0.05) is 0 Å². The summed E-state index contributed by atoms with van der Waals surface area (Å²) in [7, 11) is -3.94. The van der Waals surface area contributed by atoms with E-state index in [1.807, 2.05) is 0 Å². The van der Waals surface area contributed by atoms with Crippen LogP contribution in [0.25, 0.3) is 0 Å². The highest BCUT2D eigenvalue weighted by molar-refractivity contribution is 7.89. The Morgan fingerprint density at radius 3 is 2.45 bits per heavy atom. The monoisotopic (exact) mass is 301 g/mol. The molecule has 0 bridgehead atoms. The molecule has 0 aromatic heterocycles. The molecule has 1 aromatic rings. The van der Waals surface area contributed by atoms with Crippen molar-refractivity contribution in [2.75, 3.05) is 13.2 Å². The Bertz CT molecular complexity index is 640. The molecule has 1 aliphatic heterocycles. The highest BCUT2D eigenvalue weighted by Crippen LogP contribution is 2.29. The molecule has 0 spiro atoms. The molecule has 1 saturated heterocycles. The second-order valence-corrected chi connectivity index (χ2v) is 6.12. The molecule has 1 aliphatic rings. The number of morpholine rings is 1. The number of benzene rings is 1. The first kappa shape index (κ1) is 14.5. The largest absolute Gasteiger partial charge is 0.484 e. The summed E-state index contributed by atoms with van der Waals surface area (Å²) in [6.45, 7) is 6.04. The molecule has 0 saturated carbocycles. The fraction of sp³-hybridized carbons (Fsp3) is 0.231. The summed E-state index contributed by atoms with van der Waals surface area (Å²) in [5.41, 5.74) is 0.0408. The molecule has 0 radical (unpaired) electrons. The van der Waals surface area contributed by atoms with Gasteiger partial charge in [0.25, 0.3) is 10.0 Å². The molecule has 0 N–H and O–H groups in total. The van der Waals surface area contributed by atoms with Gasteiger partial charge in [0.1, 0.15) is 24.4 Å². The molecule has 20 heavy (non-hydrogen) atoms. The minimum Gasteiger partial charge on any atom is -0.484 e. The number of hydrogen-bond acceptors (Lipinski definition) is 3. The minimum absolute atomic E-state index is 0.00425. The number of rotatable bonds is 3. The lowest BCUT2D eigenvalue weighted by molar-refractivity contribution is 0.0562. The van der Waals surface area contributed by atoms with Crippen LogP contribution in [0.4, 0.5) is 8.78 Å². The number of halogens is 2. The maximum atomic E-state index is 12.9. The van der Waals surface area contributed by atoms with Gasteiger partial charge < -0.3 is 4.74 Å². The molecule has 1 heterocycles. The van der Waals surface area contributed by atoms with Crippen molar-refractivity contribution < 1.29 is 21.9 Å². The van der Waals surface area contributed by atoms with Crippen LogP contribution >= 0.6 is 0 Å². The van der Waals surface area contributed by atoms with Crippen LogP contribution in [-0.4, -0.2) is 32.0 Å². The number of alkyl halides is 1. The first-order valence-corrected chi connectivity index (χ1v) is 7.19. The van der Waals surface area contributed by atoms with Gasteiger partial charge in [0.2, 0.25) is 0 Å². The van der Waals surface area contributed by atoms with Gasteiger partial charge >= 0.3 is 0 Å². The van der Waals surface area contributed by atoms with Gasteiger partial charge in [-0.25, -0.2) is 17.2 Å². The highest BCUT2D eigenvalue weighted by atomic mass is 32.2. The molecule has 0 aliphatic carbocycles. The van der Waals surface area contributed by atoms with Crippen molar-refractivity contribution in [2.45, 2.75) is 11.0 Å². The van der Waals surface area contributed by atoms with Gasteiger partial charge in [0.15, 0.2) is 0 Å². The Hall–Kier alpha value is -1.89. The SMILES string of the molecule is C=C1OC(CF)CN(S(=O)(=O)c2ccc(F)cc2)C1=C. The zero-order valence-corrected chi connectivity index (χ0v) is 11.4. The average Bonchev–Trinajstić information content (AvgIpc) is 2.42. The van der Waals surface area contributed by atoms with E-state index in [1.165, 1.54) is 0 Å². The van der Waals surface area contributed by atoms with Crippen molar-refractivity contribution in [3.8, 4) is 0 Å². The van der Waals surface area contributed by atoms with Gasteiger partial charge in [-0.1, -0.05) is 13.2 Å². The van der Waals surface area contributed by atoms with E-state index in [-0.39, 0.29) is 22.9 Å². The van der Waals surface area contributed by atoms with Gasteiger partial charge in [-0.05, 0) is 24.3 Å². The van der Waals surface area contributed by atoms with Gasteiger partial charge in [-0.2, -0.15) is 0 Å². The third-order valence-electron chi connectivity index (χ3n) is 2.88. The Morgan fingerprint density at radius 2 is 1.90 bits per heavy atom. The van der Waals surface area contributed by atoms with E-state index in [0.717, 1.165) is 28.6 Å². The van der Waals surface area contributed by atoms with E-state index in [2.05, 4.69) is 13.2 Å². The van der Waals surface area contributed by atoms with Crippen LogP contribution in [0.5, 0.6) is 0 Å². The zero-order valence-electron chi connectivity index (χ0n) is 10.6. The Labute approximate surface area is 116 Å². The van der Waals surface area contributed by atoms with Crippen molar-refractivity contribution in [3.05, 3.63) is 54.7 Å². The van der Waals surface area contributed by atoms with E-state index in [4.69, 9.17) is 4.74 Å². The molecular weight excluding hydrogens is 288 g/mol. The fourth-order valence-corrected chi connectivity index (χ4v) is 3.29. The van der Waals surface area contributed by atoms with Crippen LogP contribution in [0.3, 0.4) is 0 Å². The Kier molecular flexibility index (Phi) is 3.80. The van der Waals surface area contributed by atoms with E-state index in [1.54, 1.807) is 0 Å². The lowest BCUT2D eigenvalue weighted by Crippen LogP contribution is -2.43. The molecular formula is C13H13F2NO3S. The summed E-state index contributed by atoms with van der Waals surface area (Å²) in [6.07, 6.45) is -0.928. The number of sulfonamides is 1.